The molecule has 0 radical (unpaired) electrons. The summed E-state index contributed by atoms with van der Waals surface area (Å²) in [6.07, 6.45) is 0.320. The minimum atomic E-state index is -1.09. The van der Waals surface area contributed by atoms with Crippen LogP contribution in [0, 0.1) is 0 Å². The Hall–Kier alpha value is -1.27. The van der Waals surface area contributed by atoms with Gasteiger partial charge in [-0.1, -0.05) is 27.5 Å². The Labute approximate surface area is 122 Å². The first-order chi connectivity index (χ1) is 9.02. The van der Waals surface area contributed by atoms with Gasteiger partial charge in [0.2, 0.25) is 5.91 Å². The summed E-state index contributed by atoms with van der Waals surface area (Å²) in [6, 6.07) is 6.98. The van der Waals surface area contributed by atoms with Gasteiger partial charge in [-0.2, -0.15) is 10.2 Å². The fourth-order valence-corrected chi connectivity index (χ4v) is 2.91. The smallest absolute Gasteiger partial charge is 0.264 e. The monoisotopic (exact) mass is 341 g/mol. The summed E-state index contributed by atoms with van der Waals surface area (Å²) in [5, 5.41) is 7.73. The van der Waals surface area contributed by atoms with Crippen molar-refractivity contribution in [1.82, 2.24) is 0 Å². The molecule has 19 heavy (non-hydrogen) atoms. The van der Waals surface area contributed by atoms with Gasteiger partial charge >= 0.3 is 0 Å². The lowest BCUT2D eigenvalue weighted by molar-refractivity contribution is -0.122. The number of rotatable bonds is 1. The van der Waals surface area contributed by atoms with E-state index in [9.17, 15) is 9.59 Å². The summed E-state index contributed by atoms with van der Waals surface area (Å²) in [7, 11) is 0. The predicted molar refractivity (Wildman–Crippen MR) is 73.1 cm³/mol. The molecule has 0 N–H and O–H groups in total. The number of alkyl halides is 1. The minimum absolute atomic E-state index is 0.0363. The van der Waals surface area contributed by atoms with Crippen LogP contribution in [-0.2, 0) is 9.59 Å². The van der Waals surface area contributed by atoms with E-state index < -0.39 is 11.0 Å². The van der Waals surface area contributed by atoms with Crippen LogP contribution < -0.4 is 4.90 Å². The highest BCUT2D eigenvalue weighted by Crippen LogP contribution is 2.40. The Morgan fingerprint density at radius 2 is 2.00 bits per heavy atom. The van der Waals surface area contributed by atoms with Crippen LogP contribution in [0.3, 0.4) is 0 Å². The first-order valence-corrected chi connectivity index (χ1v) is 6.94. The molecule has 0 unspecified atom stereocenters. The molecule has 0 saturated carbocycles. The van der Waals surface area contributed by atoms with Crippen molar-refractivity contribution in [2.75, 3.05) is 4.90 Å². The lowest BCUT2D eigenvalue weighted by Gasteiger charge is -2.17. The van der Waals surface area contributed by atoms with Crippen LogP contribution in [0.2, 0.25) is 0 Å². The second kappa shape index (κ2) is 4.38. The van der Waals surface area contributed by atoms with Crippen LogP contribution in [0.25, 0.3) is 0 Å². The third-order valence-corrected chi connectivity index (χ3v) is 4.03. The number of imide groups is 1. The van der Waals surface area contributed by atoms with Crippen molar-refractivity contribution in [2.45, 2.75) is 23.9 Å². The molecule has 98 valence electrons. The number of halogens is 2. The second-order valence-electron chi connectivity index (χ2n) is 4.57. The highest BCUT2D eigenvalue weighted by molar-refractivity contribution is 9.10. The van der Waals surface area contributed by atoms with E-state index in [-0.39, 0.29) is 24.7 Å². The van der Waals surface area contributed by atoms with E-state index in [0.717, 1.165) is 4.47 Å². The zero-order valence-electron chi connectivity index (χ0n) is 9.72. The summed E-state index contributed by atoms with van der Waals surface area (Å²) < 4.78 is 0.881. The molecular weight excluding hydrogens is 334 g/mol. The average molecular weight is 343 g/mol. The molecule has 0 aromatic heterocycles. The predicted octanol–water partition coefficient (Wildman–Crippen LogP) is 2.87. The summed E-state index contributed by atoms with van der Waals surface area (Å²) in [6.45, 7) is 0. The summed E-state index contributed by atoms with van der Waals surface area (Å²) in [4.78, 5) is 25.7. The third kappa shape index (κ3) is 1.99. The molecule has 1 aromatic carbocycles. The lowest BCUT2D eigenvalue weighted by atomic mass is 9.95. The van der Waals surface area contributed by atoms with Crippen LogP contribution in [-0.4, -0.2) is 22.9 Å². The van der Waals surface area contributed by atoms with Gasteiger partial charge in [0.15, 0.2) is 5.54 Å². The van der Waals surface area contributed by atoms with E-state index in [1.807, 2.05) is 0 Å². The molecule has 7 heteroatoms. The molecular formula is C12H9BrClN3O2. The molecule has 2 heterocycles. The summed E-state index contributed by atoms with van der Waals surface area (Å²) in [5.41, 5.74) is -1.07. The third-order valence-electron chi connectivity index (χ3n) is 3.26. The zero-order chi connectivity index (χ0) is 13.6. The number of hydrogen-bond donors (Lipinski definition) is 0. The summed E-state index contributed by atoms with van der Waals surface area (Å²) in [5.74, 6) is -0.608. The quantitative estimate of drug-likeness (QED) is 0.447. The van der Waals surface area contributed by atoms with E-state index in [0.29, 0.717) is 5.69 Å². The molecule has 5 nitrogen and oxygen atoms in total. The van der Waals surface area contributed by atoms with E-state index in [1.54, 1.807) is 24.3 Å². The fourth-order valence-electron chi connectivity index (χ4n) is 2.35. The Morgan fingerprint density at radius 3 is 2.58 bits per heavy atom. The minimum Gasteiger partial charge on any atom is -0.274 e. The maximum atomic E-state index is 12.5. The number of carbonyl (C=O) groups is 2. The van der Waals surface area contributed by atoms with Gasteiger partial charge in [0.1, 0.15) is 5.50 Å². The van der Waals surface area contributed by atoms with Crippen molar-refractivity contribution >= 4 is 45.0 Å². The maximum absolute atomic E-state index is 12.5. The highest BCUT2D eigenvalue weighted by Gasteiger charge is 2.55. The van der Waals surface area contributed by atoms with Crippen molar-refractivity contribution in [3.8, 4) is 0 Å². The van der Waals surface area contributed by atoms with Crippen LogP contribution in [0.5, 0.6) is 0 Å². The molecule has 2 aliphatic heterocycles. The van der Waals surface area contributed by atoms with Crippen LogP contribution in [0.4, 0.5) is 5.69 Å². The van der Waals surface area contributed by atoms with Crippen LogP contribution >= 0.6 is 27.5 Å². The number of carbonyl (C=O) groups excluding carboxylic acids is 2. The SMILES string of the molecule is O=C1C[C@]2(C[C@@H](Cl)N=N2)C(=O)N1c1ccc(Br)cc1. The normalized spacial score (nSPS) is 29.8. The van der Waals surface area contributed by atoms with Crippen molar-refractivity contribution in [3.05, 3.63) is 28.7 Å². The number of benzene rings is 1. The second-order valence-corrected chi connectivity index (χ2v) is 5.99. The molecule has 1 saturated heterocycles. The van der Waals surface area contributed by atoms with Gasteiger partial charge in [-0.3, -0.25) is 9.59 Å². The topological polar surface area (TPSA) is 62.1 Å². The molecule has 2 amide bonds. The number of anilines is 1. The average Bonchev–Trinajstić information content (AvgIpc) is 2.84. The first kappa shape index (κ1) is 12.7. The van der Waals surface area contributed by atoms with Gasteiger partial charge in [-0.05, 0) is 24.3 Å². The fraction of sp³-hybridized carbons (Fsp3) is 0.333. The molecule has 2 aliphatic rings. The van der Waals surface area contributed by atoms with Crippen molar-refractivity contribution in [2.24, 2.45) is 10.2 Å². The first-order valence-electron chi connectivity index (χ1n) is 5.71. The number of azo groups is 1. The largest absolute Gasteiger partial charge is 0.274 e. The maximum Gasteiger partial charge on any atom is 0.264 e. The van der Waals surface area contributed by atoms with E-state index in [4.69, 9.17) is 11.6 Å². The Bertz CT molecular complexity index is 589. The van der Waals surface area contributed by atoms with Crippen molar-refractivity contribution in [1.29, 1.82) is 0 Å². The van der Waals surface area contributed by atoms with Crippen molar-refractivity contribution < 1.29 is 9.59 Å². The van der Waals surface area contributed by atoms with E-state index >= 15 is 0 Å². The van der Waals surface area contributed by atoms with Gasteiger partial charge in [0.05, 0.1) is 12.1 Å². The number of amides is 2. The van der Waals surface area contributed by atoms with Gasteiger partial charge in [-0.25, -0.2) is 4.90 Å². The highest BCUT2D eigenvalue weighted by atomic mass is 79.9. The van der Waals surface area contributed by atoms with Crippen molar-refractivity contribution in [3.63, 3.8) is 0 Å². The Balaban J connectivity index is 1.96. The Morgan fingerprint density at radius 1 is 1.32 bits per heavy atom. The molecule has 0 bridgehead atoms. The molecule has 1 fully saturated rings. The van der Waals surface area contributed by atoms with Gasteiger partial charge < -0.3 is 0 Å². The summed E-state index contributed by atoms with van der Waals surface area (Å²) >= 11 is 9.17. The molecule has 1 aromatic rings. The molecule has 0 aliphatic carbocycles. The number of hydrogen-bond acceptors (Lipinski definition) is 4. The Kier molecular flexibility index (Phi) is 2.94. The molecule has 2 atom stereocenters. The van der Waals surface area contributed by atoms with Gasteiger partial charge in [-0.15, -0.1) is 0 Å². The standard InChI is InChI=1S/C12H9BrClN3O2/c13-7-1-3-8(4-2-7)17-10(18)6-12(11(17)19)5-9(14)15-16-12/h1-4,9H,5-6H2/t9-,12+/m0/s1. The van der Waals surface area contributed by atoms with Crippen LogP contribution in [0.1, 0.15) is 12.8 Å². The van der Waals surface area contributed by atoms with E-state index in [2.05, 4.69) is 26.2 Å². The van der Waals surface area contributed by atoms with Gasteiger partial charge in [0.25, 0.3) is 5.91 Å². The van der Waals surface area contributed by atoms with Gasteiger partial charge in [0, 0.05) is 10.9 Å². The van der Waals surface area contributed by atoms with E-state index in [1.165, 1.54) is 4.90 Å². The molecule has 3 rings (SSSR count). The number of nitrogens with zero attached hydrogens (tertiary/aromatic N) is 3. The molecule has 1 spiro atoms. The van der Waals surface area contributed by atoms with Crippen LogP contribution in [0.15, 0.2) is 39.0 Å². The zero-order valence-corrected chi connectivity index (χ0v) is 12.1. The lowest BCUT2D eigenvalue weighted by Crippen LogP contribution is -2.38.